The summed E-state index contributed by atoms with van der Waals surface area (Å²) in [7, 11) is 2.24. The van der Waals surface area contributed by atoms with E-state index >= 15 is 0 Å². The third-order valence-corrected chi connectivity index (χ3v) is 5.85. The van der Waals surface area contributed by atoms with E-state index < -0.39 is 0 Å². The minimum atomic E-state index is -0.237. The van der Waals surface area contributed by atoms with Gasteiger partial charge in [0.05, 0.1) is 0 Å². The quantitative estimate of drug-likeness (QED) is 0.736. The first-order valence-electron chi connectivity index (χ1n) is 9.06. The summed E-state index contributed by atoms with van der Waals surface area (Å²) in [5, 5.41) is 0. The molecule has 0 unspecified atom stereocenters. The van der Waals surface area contributed by atoms with E-state index in [0.29, 0.717) is 18.0 Å². The lowest BCUT2D eigenvalue weighted by molar-refractivity contribution is 0.152. The summed E-state index contributed by atoms with van der Waals surface area (Å²) in [5.74, 6) is 0.0397. The molecule has 1 nitrogen and oxygen atoms in total. The summed E-state index contributed by atoms with van der Waals surface area (Å²) in [6, 6.07) is 14.6. The molecule has 3 heteroatoms. The molecule has 2 heterocycles. The Labute approximate surface area is 148 Å². The molecule has 0 aliphatic carbocycles. The minimum Gasteiger partial charge on any atom is -0.300 e. The number of hydrogen-bond donors (Lipinski definition) is 0. The zero-order valence-electron chi connectivity index (χ0n) is 14.5. The first kappa shape index (κ1) is 16.5. The molecule has 2 fully saturated rings. The lowest BCUT2D eigenvalue weighted by Gasteiger charge is -2.35. The highest BCUT2D eigenvalue weighted by atomic mass is 19.1. The van der Waals surface area contributed by atoms with Crippen molar-refractivity contribution < 1.29 is 8.78 Å². The average molecular weight is 339 g/mol. The van der Waals surface area contributed by atoms with E-state index in [0.717, 1.165) is 16.7 Å². The van der Waals surface area contributed by atoms with Crippen LogP contribution in [0.3, 0.4) is 0 Å². The molecule has 0 saturated carbocycles. The molecule has 130 valence electrons. The minimum absolute atomic E-state index is 0.237. The first-order chi connectivity index (χ1) is 12.1. The number of benzene rings is 2. The van der Waals surface area contributed by atoms with Gasteiger partial charge in [-0.05, 0) is 79.6 Å². The van der Waals surface area contributed by atoms with E-state index in [9.17, 15) is 8.78 Å². The summed E-state index contributed by atoms with van der Waals surface area (Å²) in [5.41, 5.74) is 3.05. The highest BCUT2D eigenvalue weighted by molar-refractivity contribution is 5.79. The van der Waals surface area contributed by atoms with E-state index in [1.54, 1.807) is 0 Å². The van der Waals surface area contributed by atoms with Crippen molar-refractivity contribution in [1.29, 1.82) is 0 Å². The molecule has 2 aromatic carbocycles. The van der Waals surface area contributed by atoms with Gasteiger partial charge in [0.2, 0.25) is 0 Å². The maximum atomic E-state index is 13.3. The standard InChI is InChI=1S/C22H23F2N/c1-25-20-10-11-21(25)13-15(12-20)14-22(16-2-6-18(23)7-3-16)17-4-8-19(24)9-5-17/h2-9,14-15,20-21H,10-13H2,1H3/t15-,20+,21-. The van der Waals surface area contributed by atoms with Crippen molar-refractivity contribution in [2.45, 2.75) is 37.8 Å². The average Bonchev–Trinajstić information content (AvgIpc) is 2.83. The van der Waals surface area contributed by atoms with Crippen LogP contribution >= 0.6 is 0 Å². The molecule has 2 aliphatic rings. The van der Waals surface area contributed by atoms with Gasteiger partial charge in [0, 0.05) is 12.1 Å². The zero-order chi connectivity index (χ0) is 17.4. The first-order valence-corrected chi connectivity index (χ1v) is 9.06. The molecule has 3 atom stereocenters. The lowest BCUT2D eigenvalue weighted by Crippen LogP contribution is -2.39. The number of allylic oxidation sites excluding steroid dienone is 1. The second-order valence-electron chi connectivity index (χ2n) is 7.38. The van der Waals surface area contributed by atoms with Gasteiger partial charge < -0.3 is 4.90 Å². The van der Waals surface area contributed by atoms with Crippen LogP contribution in [0.1, 0.15) is 36.8 Å². The Kier molecular flexibility index (Phi) is 4.43. The van der Waals surface area contributed by atoms with Crippen LogP contribution in [-0.2, 0) is 0 Å². The fourth-order valence-corrected chi connectivity index (χ4v) is 4.44. The summed E-state index contributed by atoms with van der Waals surface area (Å²) in [6.07, 6.45) is 7.23. The van der Waals surface area contributed by atoms with Gasteiger partial charge in [-0.15, -0.1) is 0 Å². The van der Waals surface area contributed by atoms with Crippen LogP contribution in [0.4, 0.5) is 8.78 Å². The van der Waals surface area contributed by atoms with Gasteiger partial charge in [-0.1, -0.05) is 30.3 Å². The Morgan fingerprint density at radius 2 is 1.28 bits per heavy atom. The van der Waals surface area contributed by atoms with E-state index in [4.69, 9.17) is 0 Å². The number of piperidine rings is 1. The van der Waals surface area contributed by atoms with Gasteiger partial charge >= 0.3 is 0 Å². The van der Waals surface area contributed by atoms with Crippen molar-refractivity contribution in [3.8, 4) is 0 Å². The Balaban J connectivity index is 1.70. The predicted octanol–water partition coefficient (Wildman–Crippen LogP) is 5.27. The van der Waals surface area contributed by atoms with E-state index in [-0.39, 0.29) is 11.6 Å². The number of fused-ring (bicyclic) bond motifs is 2. The van der Waals surface area contributed by atoms with Crippen LogP contribution in [0.15, 0.2) is 54.6 Å². The SMILES string of the molecule is CN1[C@@H]2CC[C@H]1C[C@@H](C=C(c1ccc(F)cc1)c1ccc(F)cc1)C2. The lowest BCUT2D eigenvalue weighted by atomic mass is 9.86. The summed E-state index contributed by atoms with van der Waals surface area (Å²) < 4.78 is 26.7. The number of nitrogens with zero attached hydrogens (tertiary/aromatic N) is 1. The summed E-state index contributed by atoms with van der Waals surface area (Å²) in [4.78, 5) is 2.53. The summed E-state index contributed by atoms with van der Waals surface area (Å²) in [6.45, 7) is 0. The van der Waals surface area contributed by atoms with Gasteiger partial charge in [-0.25, -0.2) is 8.78 Å². The smallest absolute Gasteiger partial charge is 0.123 e. The number of halogens is 2. The van der Waals surface area contributed by atoms with Gasteiger partial charge in [-0.2, -0.15) is 0 Å². The van der Waals surface area contributed by atoms with Gasteiger partial charge in [0.25, 0.3) is 0 Å². The molecule has 0 aromatic heterocycles. The molecule has 2 saturated heterocycles. The monoisotopic (exact) mass is 339 g/mol. The second kappa shape index (κ2) is 6.72. The maximum absolute atomic E-state index is 13.3. The molecular weight excluding hydrogens is 316 g/mol. The van der Waals surface area contributed by atoms with Gasteiger partial charge in [0.15, 0.2) is 0 Å². The van der Waals surface area contributed by atoms with Crippen LogP contribution in [-0.4, -0.2) is 24.0 Å². The molecule has 2 bridgehead atoms. The molecule has 25 heavy (non-hydrogen) atoms. The molecule has 2 aliphatic heterocycles. The molecule has 0 radical (unpaired) electrons. The molecule has 0 spiro atoms. The Hall–Kier alpha value is -2.00. The number of rotatable bonds is 3. The van der Waals surface area contributed by atoms with Crippen LogP contribution in [0.5, 0.6) is 0 Å². The normalized spacial score (nSPS) is 25.8. The largest absolute Gasteiger partial charge is 0.300 e. The van der Waals surface area contributed by atoms with Crippen LogP contribution in [0.2, 0.25) is 0 Å². The van der Waals surface area contributed by atoms with E-state index in [2.05, 4.69) is 18.0 Å². The summed E-state index contributed by atoms with van der Waals surface area (Å²) >= 11 is 0. The zero-order valence-corrected chi connectivity index (χ0v) is 14.5. The second-order valence-corrected chi connectivity index (χ2v) is 7.38. The van der Waals surface area contributed by atoms with Gasteiger partial charge in [-0.3, -0.25) is 0 Å². The van der Waals surface area contributed by atoms with E-state index in [1.807, 2.05) is 24.3 Å². The maximum Gasteiger partial charge on any atom is 0.123 e. The molecular formula is C22H23F2N. The molecule has 0 N–H and O–H groups in total. The fourth-order valence-electron chi connectivity index (χ4n) is 4.44. The van der Waals surface area contributed by atoms with E-state index in [1.165, 1.54) is 49.9 Å². The Bertz CT molecular complexity index is 702. The van der Waals surface area contributed by atoms with Gasteiger partial charge in [0.1, 0.15) is 11.6 Å². The topological polar surface area (TPSA) is 3.24 Å². The number of hydrogen-bond acceptors (Lipinski definition) is 1. The third-order valence-electron chi connectivity index (χ3n) is 5.85. The molecule has 2 aromatic rings. The molecule has 4 rings (SSSR count). The third kappa shape index (κ3) is 3.38. The van der Waals surface area contributed by atoms with Crippen molar-refractivity contribution in [3.05, 3.63) is 77.4 Å². The van der Waals surface area contributed by atoms with Crippen molar-refractivity contribution in [1.82, 2.24) is 4.90 Å². The van der Waals surface area contributed by atoms with Crippen molar-refractivity contribution in [2.75, 3.05) is 7.05 Å². The Morgan fingerprint density at radius 1 is 0.840 bits per heavy atom. The van der Waals surface area contributed by atoms with Crippen LogP contribution in [0.25, 0.3) is 5.57 Å². The van der Waals surface area contributed by atoms with Crippen molar-refractivity contribution in [2.24, 2.45) is 5.92 Å². The highest BCUT2D eigenvalue weighted by Gasteiger charge is 2.37. The van der Waals surface area contributed by atoms with Crippen LogP contribution < -0.4 is 0 Å². The van der Waals surface area contributed by atoms with Crippen LogP contribution in [0, 0.1) is 17.6 Å². The predicted molar refractivity (Wildman–Crippen MR) is 97.2 cm³/mol. The fraction of sp³-hybridized carbons (Fsp3) is 0.364. The molecule has 0 amide bonds. The van der Waals surface area contributed by atoms with Crippen molar-refractivity contribution >= 4 is 5.57 Å². The van der Waals surface area contributed by atoms with Crippen molar-refractivity contribution in [3.63, 3.8) is 0 Å². The highest BCUT2D eigenvalue weighted by Crippen LogP contribution is 2.39. The Morgan fingerprint density at radius 3 is 1.72 bits per heavy atom.